The van der Waals surface area contributed by atoms with Gasteiger partial charge in [-0.3, -0.25) is 0 Å². The number of rotatable bonds is 4. The molecule has 0 radical (unpaired) electrons. The zero-order chi connectivity index (χ0) is 13.1. The molecule has 1 unspecified atom stereocenters. The first-order valence-corrected chi connectivity index (χ1v) is 6.29. The van der Waals surface area contributed by atoms with Gasteiger partial charge in [-0.05, 0) is 17.5 Å². The molecule has 0 spiro atoms. The molecule has 0 aliphatic heterocycles. The summed E-state index contributed by atoms with van der Waals surface area (Å²) in [6.07, 6.45) is 0. The van der Waals surface area contributed by atoms with E-state index in [0.29, 0.717) is 0 Å². The van der Waals surface area contributed by atoms with Crippen molar-refractivity contribution in [1.82, 2.24) is 0 Å². The number of fused-ring (bicyclic) bond motifs is 1. The standard InChI is InChI=1S/C13H13BrN2O2/c14-10-5-6-11(16-12(7-15)13(17)18)9-4-2-1-3-8(9)10/h1-6,12,16H,7,15H2,(H,17,18). The Labute approximate surface area is 113 Å². The highest BCUT2D eigenvalue weighted by molar-refractivity contribution is 9.10. The SMILES string of the molecule is NCC(Nc1ccc(Br)c2ccccc12)C(=O)O. The molecule has 1 atom stereocenters. The second kappa shape index (κ2) is 5.37. The monoisotopic (exact) mass is 308 g/mol. The van der Waals surface area contributed by atoms with E-state index in [1.54, 1.807) is 0 Å². The van der Waals surface area contributed by atoms with Crippen LogP contribution >= 0.6 is 15.9 Å². The van der Waals surface area contributed by atoms with Crippen LogP contribution in [-0.4, -0.2) is 23.7 Å². The van der Waals surface area contributed by atoms with Gasteiger partial charge in [-0.1, -0.05) is 40.2 Å². The number of hydrogen-bond donors (Lipinski definition) is 3. The molecule has 0 saturated heterocycles. The number of hydrogen-bond acceptors (Lipinski definition) is 3. The van der Waals surface area contributed by atoms with Gasteiger partial charge in [-0.15, -0.1) is 0 Å². The van der Waals surface area contributed by atoms with Crippen molar-refractivity contribution in [2.75, 3.05) is 11.9 Å². The Balaban J connectivity index is 2.45. The van der Waals surface area contributed by atoms with Crippen LogP contribution < -0.4 is 11.1 Å². The van der Waals surface area contributed by atoms with E-state index in [0.717, 1.165) is 20.9 Å². The molecular weight excluding hydrogens is 296 g/mol. The van der Waals surface area contributed by atoms with Gasteiger partial charge in [-0.25, -0.2) is 4.79 Å². The highest BCUT2D eigenvalue weighted by Gasteiger charge is 2.16. The number of halogens is 1. The molecule has 0 aliphatic carbocycles. The molecule has 4 nitrogen and oxygen atoms in total. The largest absolute Gasteiger partial charge is 0.480 e. The van der Waals surface area contributed by atoms with E-state index in [1.165, 1.54) is 0 Å². The molecule has 5 heteroatoms. The molecule has 18 heavy (non-hydrogen) atoms. The maximum absolute atomic E-state index is 11.0. The van der Waals surface area contributed by atoms with Gasteiger partial charge in [0.1, 0.15) is 6.04 Å². The van der Waals surface area contributed by atoms with Gasteiger partial charge < -0.3 is 16.2 Å². The average molecular weight is 309 g/mol. The van der Waals surface area contributed by atoms with Crippen LogP contribution in [0.25, 0.3) is 10.8 Å². The molecule has 94 valence electrons. The van der Waals surface area contributed by atoms with Crippen molar-refractivity contribution in [2.24, 2.45) is 5.73 Å². The molecule has 2 aromatic carbocycles. The van der Waals surface area contributed by atoms with Crippen molar-refractivity contribution in [1.29, 1.82) is 0 Å². The normalized spacial score (nSPS) is 12.3. The highest BCUT2D eigenvalue weighted by atomic mass is 79.9. The Morgan fingerprint density at radius 2 is 1.94 bits per heavy atom. The number of nitrogens with two attached hydrogens (primary N) is 1. The minimum Gasteiger partial charge on any atom is -0.480 e. The van der Waals surface area contributed by atoms with E-state index in [4.69, 9.17) is 10.8 Å². The van der Waals surface area contributed by atoms with Crippen molar-refractivity contribution >= 4 is 38.4 Å². The minimum atomic E-state index is -0.954. The van der Waals surface area contributed by atoms with Crippen LogP contribution in [-0.2, 0) is 4.79 Å². The molecule has 0 aliphatic rings. The molecule has 0 fully saturated rings. The molecule has 0 amide bonds. The topological polar surface area (TPSA) is 75.3 Å². The fraction of sp³-hybridized carbons (Fsp3) is 0.154. The molecule has 0 bridgehead atoms. The number of anilines is 1. The number of carboxylic acid groups (broad SMARTS) is 1. The number of carboxylic acids is 1. The summed E-state index contributed by atoms with van der Waals surface area (Å²) in [5.74, 6) is -0.954. The van der Waals surface area contributed by atoms with Crippen molar-refractivity contribution in [3.05, 3.63) is 40.9 Å². The number of benzene rings is 2. The molecule has 0 saturated carbocycles. The van der Waals surface area contributed by atoms with Crippen LogP contribution in [0.1, 0.15) is 0 Å². The summed E-state index contributed by atoms with van der Waals surface area (Å²) < 4.78 is 0.975. The van der Waals surface area contributed by atoms with Crippen molar-refractivity contribution in [3.63, 3.8) is 0 Å². The summed E-state index contributed by atoms with van der Waals surface area (Å²) >= 11 is 3.47. The summed E-state index contributed by atoms with van der Waals surface area (Å²) in [5, 5.41) is 14.0. The Morgan fingerprint density at radius 1 is 1.28 bits per heavy atom. The zero-order valence-corrected chi connectivity index (χ0v) is 11.1. The highest BCUT2D eigenvalue weighted by Crippen LogP contribution is 2.30. The van der Waals surface area contributed by atoms with Crippen molar-refractivity contribution < 1.29 is 9.90 Å². The molecule has 2 rings (SSSR count). The smallest absolute Gasteiger partial charge is 0.327 e. The summed E-state index contributed by atoms with van der Waals surface area (Å²) in [5.41, 5.74) is 6.21. The van der Waals surface area contributed by atoms with Gasteiger partial charge >= 0.3 is 5.97 Å². The third kappa shape index (κ3) is 2.47. The summed E-state index contributed by atoms with van der Waals surface area (Å²) in [4.78, 5) is 11.0. The second-order valence-electron chi connectivity index (χ2n) is 3.91. The number of nitrogens with one attached hydrogen (secondary N) is 1. The minimum absolute atomic E-state index is 0.0414. The molecule has 0 aromatic heterocycles. The molecular formula is C13H13BrN2O2. The van der Waals surface area contributed by atoms with Crippen LogP contribution in [0.5, 0.6) is 0 Å². The van der Waals surface area contributed by atoms with Gasteiger partial charge in [0.2, 0.25) is 0 Å². The first-order chi connectivity index (χ1) is 8.63. The fourth-order valence-corrected chi connectivity index (χ4v) is 2.28. The predicted octanol–water partition coefficient (Wildman–Crippen LogP) is 2.43. The maximum Gasteiger partial charge on any atom is 0.327 e. The average Bonchev–Trinajstić information content (AvgIpc) is 2.38. The van der Waals surface area contributed by atoms with E-state index in [2.05, 4.69) is 21.2 Å². The van der Waals surface area contributed by atoms with Crippen LogP contribution in [0.2, 0.25) is 0 Å². The quantitative estimate of drug-likeness (QED) is 0.811. The van der Waals surface area contributed by atoms with E-state index >= 15 is 0 Å². The lowest BCUT2D eigenvalue weighted by Crippen LogP contribution is -2.36. The lowest BCUT2D eigenvalue weighted by atomic mass is 10.1. The number of carbonyl (C=O) groups is 1. The van der Waals surface area contributed by atoms with Gasteiger partial charge in [0.05, 0.1) is 0 Å². The fourth-order valence-electron chi connectivity index (χ4n) is 1.80. The maximum atomic E-state index is 11.0. The lowest BCUT2D eigenvalue weighted by molar-refractivity contribution is -0.137. The summed E-state index contributed by atoms with van der Waals surface area (Å²) in [7, 11) is 0. The zero-order valence-electron chi connectivity index (χ0n) is 9.56. The molecule has 2 aromatic rings. The predicted molar refractivity (Wildman–Crippen MR) is 75.7 cm³/mol. The van der Waals surface area contributed by atoms with Crippen molar-refractivity contribution in [2.45, 2.75) is 6.04 Å². The lowest BCUT2D eigenvalue weighted by Gasteiger charge is -2.16. The van der Waals surface area contributed by atoms with E-state index in [1.807, 2.05) is 36.4 Å². The van der Waals surface area contributed by atoms with Gasteiger partial charge in [0, 0.05) is 22.1 Å². The van der Waals surface area contributed by atoms with Crippen LogP contribution in [0.15, 0.2) is 40.9 Å². The number of aliphatic carboxylic acids is 1. The van der Waals surface area contributed by atoms with Gasteiger partial charge in [-0.2, -0.15) is 0 Å². The Bertz CT molecular complexity index is 586. The van der Waals surface area contributed by atoms with Crippen LogP contribution in [0, 0.1) is 0 Å². The molecule has 0 heterocycles. The van der Waals surface area contributed by atoms with Crippen molar-refractivity contribution in [3.8, 4) is 0 Å². The third-order valence-corrected chi connectivity index (χ3v) is 3.43. The first-order valence-electron chi connectivity index (χ1n) is 5.50. The van der Waals surface area contributed by atoms with Crippen LogP contribution in [0.3, 0.4) is 0 Å². The van der Waals surface area contributed by atoms with Crippen LogP contribution in [0.4, 0.5) is 5.69 Å². The summed E-state index contributed by atoms with van der Waals surface area (Å²) in [6, 6.07) is 10.7. The molecule has 4 N–H and O–H groups in total. The first kappa shape index (κ1) is 12.9. The van der Waals surface area contributed by atoms with Gasteiger partial charge in [0.25, 0.3) is 0 Å². The Hall–Kier alpha value is -1.59. The second-order valence-corrected chi connectivity index (χ2v) is 4.77. The van der Waals surface area contributed by atoms with Gasteiger partial charge in [0.15, 0.2) is 0 Å². The Morgan fingerprint density at radius 3 is 2.56 bits per heavy atom. The van der Waals surface area contributed by atoms with E-state index < -0.39 is 12.0 Å². The third-order valence-electron chi connectivity index (χ3n) is 2.73. The van der Waals surface area contributed by atoms with E-state index in [9.17, 15) is 4.79 Å². The van der Waals surface area contributed by atoms with E-state index in [-0.39, 0.29) is 6.54 Å². The Kier molecular flexibility index (Phi) is 3.84. The summed E-state index contributed by atoms with van der Waals surface area (Å²) in [6.45, 7) is 0.0414.